The van der Waals surface area contributed by atoms with Crippen LogP contribution in [0.25, 0.3) is 0 Å². The molecular weight excluding hydrogens is 282 g/mol. The third-order valence-corrected chi connectivity index (χ3v) is 5.01. The molecule has 0 aliphatic rings. The molecule has 0 aliphatic heterocycles. The molecule has 6 heteroatoms. The van der Waals surface area contributed by atoms with Crippen LogP contribution in [0.5, 0.6) is 0 Å². The van der Waals surface area contributed by atoms with Crippen LogP contribution < -0.4 is 0 Å². The summed E-state index contributed by atoms with van der Waals surface area (Å²) in [6.45, 7) is 1.51. The Morgan fingerprint density at radius 1 is 1.32 bits per heavy atom. The number of nitrogens with zero attached hydrogens (tertiary/aromatic N) is 1. The van der Waals surface area contributed by atoms with Gasteiger partial charge in [-0.3, -0.25) is 4.79 Å². The second-order valence-electron chi connectivity index (χ2n) is 3.99. The summed E-state index contributed by atoms with van der Waals surface area (Å²) in [6.07, 6.45) is 0.346. The van der Waals surface area contributed by atoms with Gasteiger partial charge in [-0.25, -0.2) is 4.79 Å². The Bertz CT molecular complexity index is 425. The monoisotopic (exact) mass is 299 g/mol. The lowest BCUT2D eigenvalue weighted by molar-refractivity contribution is -0.148. The molecule has 1 N–H and O–H groups in total. The van der Waals surface area contributed by atoms with E-state index in [0.717, 1.165) is 4.90 Å². The molecule has 0 unspecified atom stereocenters. The van der Waals surface area contributed by atoms with Gasteiger partial charge in [0.25, 0.3) is 0 Å². The molecule has 0 radical (unpaired) electrons. The minimum absolute atomic E-state index is 0.143. The first kappa shape index (κ1) is 15.9. The van der Waals surface area contributed by atoms with E-state index in [0.29, 0.717) is 12.2 Å². The minimum atomic E-state index is -0.984. The van der Waals surface area contributed by atoms with E-state index < -0.39 is 12.0 Å². The number of rotatable bonds is 7. The van der Waals surface area contributed by atoms with Crippen molar-refractivity contribution >= 4 is 33.5 Å². The van der Waals surface area contributed by atoms with Gasteiger partial charge in [-0.2, -0.15) is 0 Å². The quantitative estimate of drug-likeness (QED) is 0.620. The molecule has 0 saturated carbocycles. The Morgan fingerprint density at radius 3 is 2.53 bits per heavy atom. The molecule has 104 valence electrons. The highest BCUT2D eigenvalue weighted by Gasteiger charge is 2.20. The first-order valence-electron chi connectivity index (χ1n) is 5.85. The van der Waals surface area contributed by atoms with Crippen molar-refractivity contribution in [2.24, 2.45) is 0 Å². The van der Waals surface area contributed by atoms with Crippen LogP contribution in [0.3, 0.4) is 0 Å². The fourth-order valence-electron chi connectivity index (χ4n) is 1.27. The molecular formula is C13H17NO3S2. The highest BCUT2D eigenvalue weighted by molar-refractivity contribution is 8.76. The van der Waals surface area contributed by atoms with Crippen molar-refractivity contribution in [2.75, 3.05) is 12.8 Å². The molecule has 1 aromatic rings. The molecule has 0 saturated heterocycles. The molecule has 1 atom stereocenters. The van der Waals surface area contributed by atoms with E-state index in [2.05, 4.69) is 0 Å². The van der Waals surface area contributed by atoms with Crippen molar-refractivity contribution in [3.05, 3.63) is 30.3 Å². The van der Waals surface area contributed by atoms with Gasteiger partial charge in [0.15, 0.2) is 0 Å². The molecule has 4 nitrogen and oxygen atoms in total. The van der Waals surface area contributed by atoms with Crippen molar-refractivity contribution in [2.45, 2.75) is 24.3 Å². The van der Waals surface area contributed by atoms with Crippen molar-refractivity contribution in [1.82, 2.24) is 4.90 Å². The van der Waals surface area contributed by atoms with Gasteiger partial charge in [0.2, 0.25) is 5.91 Å². The van der Waals surface area contributed by atoms with Gasteiger partial charge in [-0.1, -0.05) is 39.8 Å². The third kappa shape index (κ3) is 5.57. The highest BCUT2D eigenvalue weighted by atomic mass is 33.1. The summed E-state index contributed by atoms with van der Waals surface area (Å²) in [5.41, 5.74) is 0. The standard InChI is InChI=1S/C13H17NO3S2/c1-10(13(16)17)14(2)12(15)8-9-18-19-11-6-4-3-5-7-11/h3-7,10H,8-9H2,1-2H3,(H,16,17)/t10-/m0/s1. The highest BCUT2D eigenvalue weighted by Crippen LogP contribution is 2.30. The summed E-state index contributed by atoms with van der Waals surface area (Å²) < 4.78 is 0. The Morgan fingerprint density at radius 2 is 1.95 bits per heavy atom. The van der Waals surface area contributed by atoms with Crippen molar-refractivity contribution in [3.8, 4) is 0 Å². The molecule has 19 heavy (non-hydrogen) atoms. The second kappa shape index (κ2) is 8.12. The molecule has 0 aliphatic carbocycles. The maximum atomic E-state index is 11.7. The van der Waals surface area contributed by atoms with E-state index >= 15 is 0 Å². The predicted octanol–water partition coefficient (Wildman–Crippen LogP) is 2.75. The molecule has 1 amide bonds. The molecule has 0 aromatic heterocycles. The van der Waals surface area contributed by atoms with Gasteiger partial charge in [-0.15, -0.1) is 0 Å². The zero-order chi connectivity index (χ0) is 14.3. The molecule has 1 aromatic carbocycles. The molecule has 0 spiro atoms. The number of benzene rings is 1. The average Bonchev–Trinajstić information content (AvgIpc) is 2.42. The van der Waals surface area contributed by atoms with Crippen LogP contribution in [-0.2, 0) is 9.59 Å². The zero-order valence-corrected chi connectivity index (χ0v) is 12.5. The Balaban J connectivity index is 2.26. The lowest BCUT2D eigenvalue weighted by atomic mass is 10.3. The SMILES string of the molecule is C[C@@H](C(=O)O)N(C)C(=O)CCSSc1ccccc1. The topological polar surface area (TPSA) is 57.6 Å². The lowest BCUT2D eigenvalue weighted by Gasteiger charge is -2.21. The molecule has 0 bridgehead atoms. The van der Waals surface area contributed by atoms with Crippen LogP contribution in [0.15, 0.2) is 35.2 Å². The van der Waals surface area contributed by atoms with Crippen LogP contribution >= 0.6 is 21.6 Å². The predicted molar refractivity (Wildman–Crippen MR) is 79.2 cm³/mol. The van der Waals surface area contributed by atoms with Crippen LogP contribution in [0.4, 0.5) is 0 Å². The van der Waals surface area contributed by atoms with Crippen molar-refractivity contribution in [1.29, 1.82) is 0 Å². The first-order chi connectivity index (χ1) is 9.02. The fourth-order valence-corrected chi connectivity index (χ4v) is 3.26. The van der Waals surface area contributed by atoms with Crippen molar-refractivity contribution < 1.29 is 14.7 Å². The van der Waals surface area contributed by atoms with Crippen LogP contribution in [0.2, 0.25) is 0 Å². The zero-order valence-electron chi connectivity index (χ0n) is 10.9. The van der Waals surface area contributed by atoms with E-state index in [-0.39, 0.29) is 5.91 Å². The second-order valence-corrected chi connectivity index (χ2v) is 6.48. The number of carbonyl (C=O) groups excluding carboxylic acids is 1. The summed E-state index contributed by atoms with van der Waals surface area (Å²) in [7, 11) is 4.74. The maximum Gasteiger partial charge on any atom is 0.326 e. The number of amides is 1. The average molecular weight is 299 g/mol. The summed E-state index contributed by atoms with van der Waals surface area (Å²) in [5, 5.41) is 8.82. The van der Waals surface area contributed by atoms with Crippen molar-refractivity contribution in [3.63, 3.8) is 0 Å². The summed E-state index contributed by atoms with van der Waals surface area (Å²) in [4.78, 5) is 24.9. The summed E-state index contributed by atoms with van der Waals surface area (Å²) >= 11 is 0. The van der Waals surface area contributed by atoms with E-state index in [1.54, 1.807) is 21.6 Å². The molecule has 0 heterocycles. The van der Waals surface area contributed by atoms with E-state index in [9.17, 15) is 9.59 Å². The van der Waals surface area contributed by atoms with Gasteiger partial charge < -0.3 is 10.0 Å². The van der Waals surface area contributed by atoms with Gasteiger partial charge in [0, 0.05) is 24.1 Å². The Labute approximate surface area is 121 Å². The van der Waals surface area contributed by atoms with Gasteiger partial charge in [0.05, 0.1) is 0 Å². The fraction of sp³-hybridized carbons (Fsp3) is 0.385. The molecule has 1 rings (SSSR count). The van der Waals surface area contributed by atoms with Crippen LogP contribution in [0, 0.1) is 0 Å². The number of likely N-dealkylation sites (N-methyl/N-ethyl adjacent to an activating group) is 1. The minimum Gasteiger partial charge on any atom is -0.480 e. The van der Waals surface area contributed by atoms with E-state index in [4.69, 9.17) is 5.11 Å². The van der Waals surface area contributed by atoms with E-state index in [1.807, 2.05) is 30.3 Å². The lowest BCUT2D eigenvalue weighted by Crippen LogP contribution is -2.40. The number of carbonyl (C=O) groups is 2. The van der Waals surface area contributed by atoms with Gasteiger partial charge in [-0.05, 0) is 19.1 Å². The van der Waals surface area contributed by atoms with Gasteiger partial charge in [0.1, 0.15) is 6.04 Å². The third-order valence-electron chi connectivity index (χ3n) is 2.63. The number of hydrogen-bond acceptors (Lipinski definition) is 4. The summed E-state index contributed by atoms with van der Waals surface area (Å²) in [6, 6.07) is 9.14. The molecule has 0 fully saturated rings. The number of hydrogen-bond donors (Lipinski definition) is 1. The normalized spacial score (nSPS) is 11.9. The maximum absolute atomic E-state index is 11.7. The number of carboxylic acids is 1. The van der Waals surface area contributed by atoms with Gasteiger partial charge >= 0.3 is 5.97 Å². The first-order valence-corrected chi connectivity index (χ1v) is 8.17. The van der Waals surface area contributed by atoms with Crippen LogP contribution in [-0.4, -0.2) is 40.7 Å². The van der Waals surface area contributed by atoms with Crippen LogP contribution in [0.1, 0.15) is 13.3 Å². The summed E-state index contributed by atoms with van der Waals surface area (Å²) in [5.74, 6) is -0.465. The Kier molecular flexibility index (Phi) is 6.80. The van der Waals surface area contributed by atoms with E-state index in [1.165, 1.54) is 18.9 Å². The number of carboxylic acid groups (broad SMARTS) is 1. The smallest absolute Gasteiger partial charge is 0.326 e. The Hall–Kier alpha value is -1.14. The largest absolute Gasteiger partial charge is 0.480 e. The number of aliphatic carboxylic acids is 1.